The molecule has 0 saturated carbocycles. The molecule has 3 rings (SSSR count). The van der Waals surface area contributed by atoms with E-state index in [1.165, 1.54) is 10.6 Å². The fourth-order valence-electron chi connectivity index (χ4n) is 3.40. The van der Waals surface area contributed by atoms with E-state index in [2.05, 4.69) is 5.32 Å². The van der Waals surface area contributed by atoms with Gasteiger partial charge in [-0.25, -0.2) is 12.7 Å². The van der Waals surface area contributed by atoms with Crippen molar-refractivity contribution in [3.05, 3.63) is 71.8 Å². The van der Waals surface area contributed by atoms with Crippen LogP contribution in [0.3, 0.4) is 0 Å². The van der Waals surface area contributed by atoms with E-state index in [0.29, 0.717) is 25.9 Å². The standard InChI is InChI=1S/C20H24N2O3S/c1-26(24,25)22-14-12-18(13-15-22)21-20(23)19(16-8-4-2-5-9-16)17-10-6-3-7-11-17/h2-11,18-19H,12-15H2,1H3,(H,21,23). The Kier molecular flexibility index (Phi) is 5.74. The highest BCUT2D eigenvalue weighted by molar-refractivity contribution is 7.88. The summed E-state index contributed by atoms with van der Waals surface area (Å²) in [6.45, 7) is 0.899. The molecular weight excluding hydrogens is 348 g/mol. The number of nitrogens with one attached hydrogen (secondary N) is 1. The largest absolute Gasteiger partial charge is 0.352 e. The summed E-state index contributed by atoms with van der Waals surface area (Å²) in [4.78, 5) is 13.0. The molecule has 0 unspecified atom stereocenters. The van der Waals surface area contributed by atoms with Crippen LogP contribution in [0.5, 0.6) is 0 Å². The molecule has 1 fully saturated rings. The maximum atomic E-state index is 13.0. The van der Waals surface area contributed by atoms with E-state index >= 15 is 0 Å². The third-order valence-electron chi connectivity index (χ3n) is 4.80. The Morgan fingerprint density at radius 3 is 1.85 bits per heavy atom. The normalized spacial score (nSPS) is 16.5. The van der Waals surface area contributed by atoms with Crippen LogP contribution in [0.4, 0.5) is 0 Å². The molecule has 6 heteroatoms. The summed E-state index contributed by atoms with van der Waals surface area (Å²) in [6.07, 6.45) is 2.50. The first-order valence-electron chi connectivity index (χ1n) is 8.80. The highest BCUT2D eigenvalue weighted by Crippen LogP contribution is 2.25. The molecule has 0 spiro atoms. The predicted octanol–water partition coefficient (Wildman–Crippen LogP) is 2.36. The van der Waals surface area contributed by atoms with E-state index < -0.39 is 10.0 Å². The topological polar surface area (TPSA) is 66.5 Å². The van der Waals surface area contributed by atoms with Crippen molar-refractivity contribution >= 4 is 15.9 Å². The zero-order chi connectivity index (χ0) is 18.6. The lowest BCUT2D eigenvalue weighted by Crippen LogP contribution is -2.47. The molecule has 1 aliphatic rings. The van der Waals surface area contributed by atoms with Gasteiger partial charge in [-0.05, 0) is 24.0 Å². The molecule has 1 heterocycles. The first kappa shape index (κ1) is 18.6. The molecule has 2 aromatic carbocycles. The molecule has 2 aromatic rings. The van der Waals surface area contributed by atoms with Crippen LogP contribution in [0, 0.1) is 0 Å². The van der Waals surface area contributed by atoms with Gasteiger partial charge < -0.3 is 5.32 Å². The Balaban J connectivity index is 1.73. The maximum Gasteiger partial charge on any atom is 0.232 e. The minimum Gasteiger partial charge on any atom is -0.352 e. The zero-order valence-corrected chi connectivity index (χ0v) is 15.7. The van der Waals surface area contributed by atoms with Gasteiger partial charge in [-0.3, -0.25) is 4.79 Å². The third kappa shape index (κ3) is 4.51. The van der Waals surface area contributed by atoms with Crippen molar-refractivity contribution < 1.29 is 13.2 Å². The summed E-state index contributed by atoms with van der Waals surface area (Å²) in [5.41, 5.74) is 1.90. The quantitative estimate of drug-likeness (QED) is 0.876. The van der Waals surface area contributed by atoms with Crippen LogP contribution in [0.15, 0.2) is 60.7 Å². The van der Waals surface area contributed by atoms with Crippen LogP contribution in [0.1, 0.15) is 29.9 Å². The van der Waals surface area contributed by atoms with Gasteiger partial charge in [-0.2, -0.15) is 0 Å². The Bertz CT molecular complexity index is 790. The molecule has 1 aliphatic heterocycles. The number of hydrogen-bond donors (Lipinski definition) is 1. The van der Waals surface area contributed by atoms with Gasteiger partial charge in [0.15, 0.2) is 0 Å². The van der Waals surface area contributed by atoms with E-state index in [9.17, 15) is 13.2 Å². The zero-order valence-electron chi connectivity index (χ0n) is 14.8. The number of hydrogen-bond acceptors (Lipinski definition) is 3. The summed E-state index contributed by atoms with van der Waals surface area (Å²) in [5.74, 6) is -0.412. The van der Waals surface area contributed by atoms with Crippen molar-refractivity contribution in [2.75, 3.05) is 19.3 Å². The molecule has 0 aliphatic carbocycles. The average Bonchev–Trinajstić information content (AvgIpc) is 2.63. The second-order valence-electron chi connectivity index (χ2n) is 6.70. The highest BCUT2D eigenvalue weighted by atomic mass is 32.2. The van der Waals surface area contributed by atoms with Crippen LogP contribution in [-0.4, -0.2) is 44.0 Å². The van der Waals surface area contributed by atoms with Crippen molar-refractivity contribution in [2.45, 2.75) is 24.8 Å². The lowest BCUT2D eigenvalue weighted by molar-refractivity contribution is -0.122. The number of carbonyl (C=O) groups excluding carboxylic acids is 1. The molecule has 1 N–H and O–H groups in total. The molecule has 26 heavy (non-hydrogen) atoms. The minimum atomic E-state index is -3.16. The molecule has 0 aromatic heterocycles. The van der Waals surface area contributed by atoms with E-state index in [1.807, 2.05) is 60.7 Å². The minimum absolute atomic E-state index is 0.00424. The third-order valence-corrected chi connectivity index (χ3v) is 6.10. The van der Waals surface area contributed by atoms with Gasteiger partial charge in [0.1, 0.15) is 0 Å². The molecule has 1 amide bonds. The van der Waals surface area contributed by atoms with Crippen LogP contribution < -0.4 is 5.32 Å². The lowest BCUT2D eigenvalue weighted by atomic mass is 9.90. The number of amides is 1. The van der Waals surface area contributed by atoms with Gasteiger partial charge >= 0.3 is 0 Å². The number of benzene rings is 2. The van der Waals surface area contributed by atoms with Crippen LogP contribution in [0.2, 0.25) is 0 Å². The number of piperidine rings is 1. The Morgan fingerprint density at radius 1 is 0.962 bits per heavy atom. The van der Waals surface area contributed by atoms with Crippen molar-refractivity contribution in [1.29, 1.82) is 0 Å². The van der Waals surface area contributed by atoms with E-state index in [-0.39, 0.29) is 17.9 Å². The fraction of sp³-hybridized carbons (Fsp3) is 0.350. The van der Waals surface area contributed by atoms with Gasteiger partial charge in [0, 0.05) is 19.1 Å². The first-order chi connectivity index (χ1) is 12.4. The molecule has 5 nitrogen and oxygen atoms in total. The number of rotatable bonds is 5. The van der Waals surface area contributed by atoms with Crippen molar-refractivity contribution in [1.82, 2.24) is 9.62 Å². The van der Waals surface area contributed by atoms with Crippen molar-refractivity contribution in [2.24, 2.45) is 0 Å². The van der Waals surface area contributed by atoms with Crippen LogP contribution in [0.25, 0.3) is 0 Å². The summed E-state index contributed by atoms with van der Waals surface area (Å²) < 4.78 is 24.7. The molecule has 138 valence electrons. The predicted molar refractivity (Wildman–Crippen MR) is 102 cm³/mol. The summed E-state index contributed by atoms with van der Waals surface area (Å²) in [5, 5.41) is 3.13. The van der Waals surface area contributed by atoms with E-state index in [0.717, 1.165) is 11.1 Å². The molecule has 1 saturated heterocycles. The average molecular weight is 372 g/mol. The van der Waals surface area contributed by atoms with Gasteiger partial charge in [0.05, 0.1) is 12.2 Å². The maximum absolute atomic E-state index is 13.0. The summed E-state index contributed by atoms with van der Waals surface area (Å²) in [7, 11) is -3.16. The van der Waals surface area contributed by atoms with E-state index in [4.69, 9.17) is 0 Å². The Labute approximate surface area is 155 Å². The van der Waals surface area contributed by atoms with E-state index in [1.54, 1.807) is 0 Å². The summed E-state index contributed by atoms with van der Waals surface area (Å²) in [6, 6.07) is 19.4. The molecule has 0 atom stereocenters. The SMILES string of the molecule is CS(=O)(=O)N1CCC(NC(=O)C(c2ccccc2)c2ccccc2)CC1. The Hall–Kier alpha value is -2.18. The fourth-order valence-corrected chi connectivity index (χ4v) is 4.28. The smallest absolute Gasteiger partial charge is 0.232 e. The van der Waals surface area contributed by atoms with Crippen LogP contribution in [-0.2, 0) is 14.8 Å². The van der Waals surface area contributed by atoms with Gasteiger partial charge in [-0.1, -0.05) is 60.7 Å². The molecular formula is C20H24N2O3S. The Morgan fingerprint density at radius 2 is 1.42 bits per heavy atom. The van der Waals surface area contributed by atoms with Gasteiger partial charge in [-0.15, -0.1) is 0 Å². The lowest BCUT2D eigenvalue weighted by Gasteiger charge is -2.31. The van der Waals surface area contributed by atoms with Gasteiger partial charge in [0.25, 0.3) is 0 Å². The number of carbonyl (C=O) groups is 1. The van der Waals surface area contributed by atoms with Crippen molar-refractivity contribution in [3.63, 3.8) is 0 Å². The molecule has 0 bridgehead atoms. The monoisotopic (exact) mass is 372 g/mol. The molecule has 0 radical (unpaired) electrons. The van der Waals surface area contributed by atoms with Crippen molar-refractivity contribution in [3.8, 4) is 0 Å². The second kappa shape index (κ2) is 8.01. The first-order valence-corrected chi connectivity index (χ1v) is 10.7. The van der Waals surface area contributed by atoms with Gasteiger partial charge in [0.2, 0.25) is 15.9 Å². The number of nitrogens with zero attached hydrogens (tertiary/aromatic N) is 1. The summed E-state index contributed by atoms with van der Waals surface area (Å²) >= 11 is 0. The second-order valence-corrected chi connectivity index (χ2v) is 8.68. The number of sulfonamides is 1. The highest BCUT2D eigenvalue weighted by Gasteiger charge is 2.29. The van der Waals surface area contributed by atoms with Crippen LogP contribution >= 0.6 is 0 Å².